The Morgan fingerprint density at radius 2 is 2.11 bits per heavy atom. The molecule has 0 bridgehead atoms. The summed E-state index contributed by atoms with van der Waals surface area (Å²) in [5.74, 6) is 0. The van der Waals surface area contributed by atoms with Crippen molar-refractivity contribution < 1.29 is 8.42 Å². The monoisotopic (exact) mass is 291 g/mol. The van der Waals surface area contributed by atoms with E-state index in [-0.39, 0.29) is 12.6 Å². The Labute approximate surface area is 113 Å². The standard InChI is InChI=1S/C11H21N3O2S2/c1-8-7-17-10(5-12)11(8)18(15,16)13-6-9(2)14(3)4/h7,9,13H,5-6,12H2,1-4H3. The summed E-state index contributed by atoms with van der Waals surface area (Å²) in [7, 11) is 0.368. The van der Waals surface area contributed by atoms with E-state index in [9.17, 15) is 8.42 Å². The molecule has 5 nitrogen and oxygen atoms in total. The molecule has 104 valence electrons. The molecule has 0 saturated heterocycles. The van der Waals surface area contributed by atoms with Crippen molar-refractivity contribution in [2.24, 2.45) is 5.73 Å². The lowest BCUT2D eigenvalue weighted by atomic mass is 10.3. The average molecular weight is 291 g/mol. The number of nitrogens with two attached hydrogens (primary N) is 1. The highest BCUT2D eigenvalue weighted by Crippen LogP contribution is 2.26. The molecule has 7 heteroatoms. The maximum atomic E-state index is 12.2. The SMILES string of the molecule is Cc1csc(CN)c1S(=O)(=O)NCC(C)N(C)C. The van der Waals surface area contributed by atoms with Gasteiger partial charge in [-0.3, -0.25) is 0 Å². The minimum absolute atomic E-state index is 0.139. The van der Waals surface area contributed by atoms with Crippen LogP contribution in [-0.2, 0) is 16.6 Å². The Kier molecular flexibility index (Phi) is 5.30. The van der Waals surface area contributed by atoms with Gasteiger partial charge < -0.3 is 10.6 Å². The van der Waals surface area contributed by atoms with Gasteiger partial charge in [0.2, 0.25) is 10.0 Å². The molecule has 1 aromatic rings. The van der Waals surface area contributed by atoms with E-state index < -0.39 is 10.0 Å². The van der Waals surface area contributed by atoms with E-state index >= 15 is 0 Å². The Morgan fingerprint density at radius 3 is 2.61 bits per heavy atom. The van der Waals surface area contributed by atoms with Crippen molar-refractivity contribution in [3.8, 4) is 0 Å². The minimum atomic E-state index is -3.47. The van der Waals surface area contributed by atoms with Gasteiger partial charge in [-0.15, -0.1) is 11.3 Å². The smallest absolute Gasteiger partial charge is 0.242 e. The topological polar surface area (TPSA) is 75.4 Å². The van der Waals surface area contributed by atoms with Crippen LogP contribution in [0.5, 0.6) is 0 Å². The van der Waals surface area contributed by atoms with Gasteiger partial charge in [-0.05, 0) is 38.9 Å². The van der Waals surface area contributed by atoms with Gasteiger partial charge in [0, 0.05) is 24.0 Å². The van der Waals surface area contributed by atoms with Crippen molar-refractivity contribution >= 4 is 21.4 Å². The molecule has 0 saturated carbocycles. The average Bonchev–Trinajstić information content (AvgIpc) is 2.67. The van der Waals surface area contributed by atoms with Gasteiger partial charge in [0.1, 0.15) is 4.90 Å². The lowest BCUT2D eigenvalue weighted by Gasteiger charge is -2.20. The van der Waals surface area contributed by atoms with Crippen molar-refractivity contribution in [1.82, 2.24) is 9.62 Å². The predicted molar refractivity (Wildman–Crippen MR) is 75.3 cm³/mol. The summed E-state index contributed by atoms with van der Waals surface area (Å²) in [5.41, 5.74) is 6.33. The van der Waals surface area contributed by atoms with Crippen LogP contribution in [0.4, 0.5) is 0 Å². The number of nitrogens with zero attached hydrogens (tertiary/aromatic N) is 1. The summed E-state index contributed by atoms with van der Waals surface area (Å²) >= 11 is 1.39. The first-order valence-electron chi connectivity index (χ1n) is 5.72. The molecule has 1 unspecified atom stereocenters. The van der Waals surface area contributed by atoms with Gasteiger partial charge in [-0.25, -0.2) is 13.1 Å². The second-order valence-corrected chi connectivity index (χ2v) is 7.21. The van der Waals surface area contributed by atoms with Crippen molar-refractivity contribution in [3.05, 3.63) is 15.8 Å². The summed E-state index contributed by atoms with van der Waals surface area (Å²) in [5, 5.41) is 1.83. The van der Waals surface area contributed by atoms with Crippen LogP contribution in [-0.4, -0.2) is 40.0 Å². The maximum absolute atomic E-state index is 12.2. The predicted octanol–water partition coefficient (Wildman–Crippen LogP) is 0.744. The largest absolute Gasteiger partial charge is 0.326 e. The Morgan fingerprint density at radius 1 is 1.50 bits per heavy atom. The first kappa shape index (κ1) is 15.6. The van der Waals surface area contributed by atoms with Crippen LogP contribution in [0.1, 0.15) is 17.4 Å². The third-order valence-electron chi connectivity index (χ3n) is 2.89. The zero-order valence-electron chi connectivity index (χ0n) is 11.2. The zero-order chi connectivity index (χ0) is 13.9. The van der Waals surface area contributed by atoms with E-state index in [1.807, 2.05) is 31.3 Å². The molecule has 0 aliphatic heterocycles. The van der Waals surface area contributed by atoms with Crippen LogP contribution in [0.25, 0.3) is 0 Å². The lowest BCUT2D eigenvalue weighted by Crippen LogP contribution is -2.38. The molecule has 0 spiro atoms. The maximum Gasteiger partial charge on any atom is 0.242 e. The highest BCUT2D eigenvalue weighted by atomic mass is 32.2. The third kappa shape index (κ3) is 3.52. The van der Waals surface area contributed by atoms with Gasteiger partial charge in [-0.1, -0.05) is 0 Å². The number of likely N-dealkylation sites (N-methyl/N-ethyl adjacent to an activating group) is 1. The molecule has 0 aliphatic rings. The first-order valence-corrected chi connectivity index (χ1v) is 8.09. The summed E-state index contributed by atoms with van der Waals surface area (Å²) in [6.45, 7) is 4.39. The van der Waals surface area contributed by atoms with Gasteiger partial charge in [0.15, 0.2) is 0 Å². The Bertz CT molecular complexity index is 494. The molecule has 1 rings (SSSR count). The molecule has 0 aliphatic carbocycles. The van der Waals surface area contributed by atoms with Gasteiger partial charge in [-0.2, -0.15) is 0 Å². The van der Waals surface area contributed by atoms with Crippen molar-refractivity contribution in [2.75, 3.05) is 20.6 Å². The number of rotatable bonds is 6. The van der Waals surface area contributed by atoms with Gasteiger partial charge >= 0.3 is 0 Å². The number of sulfonamides is 1. The Balaban J connectivity index is 2.90. The van der Waals surface area contributed by atoms with E-state index in [1.165, 1.54) is 11.3 Å². The summed E-state index contributed by atoms with van der Waals surface area (Å²) in [6.07, 6.45) is 0. The molecular formula is C11H21N3O2S2. The highest BCUT2D eigenvalue weighted by molar-refractivity contribution is 7.89. The normalized spacial score (nSPS) is 14.1. The van der Waals surface area contributed by atoms with Crippen LogP contribution in [0.3, 0.4) is 0 Å². The van der Waals surface area contributed by atoms with Crippen molar-refractivity contribution in [2.45, 2.75) is 31.3 Å². The van der Waals surface area contributed by atoms with E-state index in [0.29, 0.717) is 16.3 Å². The number of hydrogen-bond acceptors (Lipinski definition) is 5. The van der Waals surface area contributed by atoms with E-state index in [2.05, 4.69) is 4.72 Å². The lowest BCUT2D eigenvalue weighted by molar-refractivity contribution is 0.314. The number of nitrogens with one attached hydrogen (secondary N) is 1. The van der Waals surface area contributed by atoms with Crippen LogP contribution in [0.15, 0.2) is 10.3 Å². The van der Waals surface area contributed by atoms with Crippen LogP contribution in [0, 0.1) is 6.92 Å². The first-order chi connectivity index (χ1) is 8.29. The van der Waals surface area contributed by atoms with Gasteiger partial charge in [0.05, 0.1) is 0 Å². The third-order valence-corrected chi connectivity index (χ3v) is 5.80. The summed E-state index contributed by atoms with van der Waals surface area (Å²) < 4.78 is 27.1. The van der Waals surface area contributed by atoms with Crippen LogP contribution < -0.4 is 10.5 Å². The van der Waals surface area contributed by atoms with E-state index in [0.717, 1.165) is 5.56 Å². The Hall–Kier alpha value is -0.470. The number of aryl methyl sites for hydroxylation is 1. The molecule has 18 heavy (non-hydrogen) atoms. The second-order valence-electron chi connectivity index (χ2n) is 4.54. The van der Waals surface area contributed by atoms with Crippen LogP contribution in [0.2, 0.25) is 0 Å². The summed E-state index contributed by atoms with van der Waals surface area (Å²) in [4.78, 5) is 3.02. The molecule has 0 radical (unpaired) electrons. The fourth-order valence-electron chi connectivity index (χ4n) is 1.47. The fourth-order valence-corrected chi connectivity index (χ4v) is 4.29. The van der Waals surface area contributed by atoms with E-state index in [1.54, 1.807) is 6.92 Å². The van der Waals surface area contributed by atoms with E-state index in [4.69, 9.17) is 5.73 Å². The summed E-state index contributed by atoms with van der Waals surface area (Å²) in [6, 6.07) is 0.139. The fraction of sp³-hybridized carbons (Fsp3) is 0.636. The van der Waals surface area contributed by atoms with Crippen LogP contribution >= 0.6 is 11.3 Å². The highest BCUT2D eigenvalue weighted by Gasteiger charge is 2.22. The quantitative estimate of drug-likeness (QED) is 0.811. The molecule has 0 fully saturated rings. The molecule has 0 aromatic carbocycles. The molecular weight excluding hydrogens is 270 g/mol. The molecule has 3 N–H and O–H groups in total. The molecule has 0 amide bonds. The number of thiophene rings is 1. The molecule has 1 aromatic heterocycles. The second kappa shape index (κ2) is 6.12. The molecule has 1 heterocycles. The van der Waals surface area contributed by atoms with Crippen molar-refractivity contribution in [3.63, 3.8) is 0 Å². The minimum Gasteiger partial charge on any atom is -0.326 e. The zero-order valence-corrected chi connectivity index (χ0v) is 12.9. The van der Waals surface area contributed by atoms with Crippen molar-refractivity contribution in [1.29, 1.82) is 0 Å². The number of hydrogen-bond donors (Lipinski definition) is 2. The molecule has 1 atom stereocenters. The van der Waals surface area contributed by atoms with Gasteiger partial charge in [0.25, 0.3) is 0 Å².